The van der Waals surface area contributed by atoms with Crippen LogP contribution in [0.1, 0.15) is 25.3 Å². The minimum Gasteiger partial charge on any atom is -0.384 e. The molecule has 0 radical (unpaired) electrons. The number of anilines is 2. The molecule has 0 aliphatic carbocycles. The molecule has 2 rings (SSSR count). The van der Waals surface area contributed by atoms with Crippen LogP contribution in [0, 0.1) is 0 Å². The Morgan fingerprint density at radius 1 is 1.45 bits per heavy atom. The van der Waals surface area contributed by atoms with Crippen LogP contribution in [0.3, 0.4) is 0 Å². The van der Waals surface area contributed by atoms with E-state index in [2.05, 4.69) is 22.1 Å². The highest BCUT2D eigenvalue weighted by Gasteiger charge is 2.31. The van der Waals surface area contributed by atoms with Crippen LogP contribution in [-0.4, -0.2) is 35.6 Å². The van der Waals surface area contributed by atoms with E-state index in [1.165, 1.54) is 0 Å². The van der Waals surface area contributed by atoms with Crippen molar-refractivity contribution in [3.05, 3.63) is 17.7 Å². The Morgan fingerprint density at radius 2 is 2.20 bits per heavy atom. The van der Waals surface area contributed by atoms with E-state index < -0.39 is 11.7 Å². The Morgan fingerprint density at radius 3 is 2.85 bits per heavy atom. The molecule has 3 N–H and O–H groups in total. The van der Waals surface area contributed by atoms with E-state index in [-0.39, 0.29) is 11.6 Å². The summed E-state index contributed by atoms with van der Waals surface area (Å²) in [4.78, 5) is 6.22. The van der Waals surface area contributed by atoms with Gasteiger partial charge in [0, 0.05) is 12.6 Å². The lowest BCUT2D eigenvalue weighted by atomic mass is 10.2. The van der Waals surface area contributed by atoms with E-state index in [4.69, 9.17) is 5.73 Å². The molecule has 1 aromatic heterocycles. The summed E-state index contributed by atoms with van der Waals surface area (Å²) in [7, 11) is 0. The van der Waals surface area contributed by atoms with Crippen molar-refractivity contribution in [1.29, 1.82) is 0 Å². The first kappa shape index (κ1) is 14.9. The van der Waals surface area contributed by atoms with Crippen molar-refractivity contribution in [2.75, 3.05) is 30.7 Å². The number of likely N-dealkylation sites (N-methyl/N-ethyl adjacent to an activating group) is 1. The van der Waals surface area contributed by atoms with E-state index in [0.29, 0.717) is 12.6 Å². The maximum Gasteiger partial charge on any atom is 0.416 e. The Labute approximate surface area is 116 Å². The minimum absolute atomic E-state index is 0.124. The summed E-state index contributed by atoms with van der Waals surface area (Å²) in [6.45, 7) is 4.66. The van der Waals surface area contributed by atoms with Crippen molar-refractivity contribution in [2.45, 2.75) is 32.0 Å². The maximum atomic E-state index is 12.7. The van der Waals surface area contributed by atoms with Crippen molar-refractivity contribution in [3.8, 4) is 0 Å². The third kappa shape index (κ3) is 3.53. The second-order valence-corrected chi connectivity index (χ2v) is 4.97. The van der Waals surface area contributed by atoms with E-state index >= 15 is 0 Å². The van der Waals surface area contributed by atoms with Crippen molar-refractivity contribution in [3.63, 3.8) is 0 Å². The number of aromatic nitrogens is 1. The molecule has 1 atom stereocenters. The number of hydrogen-bond acceptors (Lipinski definition) is 4. The number of pyridine rings is 1. The lowest BCUT2D eigenvalue weighted by molar-refractivity contribution is -0.137. The number of rotatable bonds is 4. The summed E-state index contributed by atoms with van der Waals surface area (Å²) in [5.74, 6) is 0.0568. The molecule has 4 nitrogen and oxygen atoms in total. The second kappa shape index (κ2) is 5.87. The zero-order valence-corrected chi connectivity index (χ0v) is 11.4. The zero-order chi connectivity index (χ0) is 14.8. The highest BCUT2D eigenvalue weighted by atomic mass is 19.4. The predicted octanol–water partition coefficient (Wildman–Crippen LogP) is 2.58. The third-order valence-corrected chi connectivity index (χ3v) is 3.60. The maximum absolute atomic E-state index is 12.7. The largest absolute Gasteiger partial charge is 0.416 e. The minimum atomic E-state index is -4.41. The Balaban J connectivity index is 2.04. The molecule has 0 aromatic carbocycles. The van der Waals surface area contributed by atoms with Gasteiger partial charge in [0.1, 0.15) is 11.6 Å². The van der Waals surface area contributed by atoms with Crippen molar-refractivity contribution >= 4 is 11.6 Å². The molecular formula is C13H19F3N4. The van der Waals surface area contributed by atoms with Crippen molar-refractivity contribution in [2.24, 2.45) is 0 Å². The molecule has 1 fully saturated rings. The Hall–Kier alpha value is -1.50. The summed E-state index contributed by atoms with van der Waals surface area (Å²) in [6.07, 6.45) is -2.23. The molecule has 1 aromatic rings. The monoisotopic (exact) mass is 288 g/mol. The van der Waals surface area contributed by atoms with Gasteiger partial charge < -0.3 is 11.1 Å². The average molecular weight is 288 g/mol. The van der Waals surface area contributed by atoms with E-state index in [1.54, 1.807) is 0 Å². The van der Waals surface area contributed by atoms with Crippen LogP contribution in [0.2, 0.25) is 0 Å². The molecule has 0 bridgehead atoms. The molecule has 1 aliphatic rings. The molecule has 0 spiro atoms. The Bertz CT molecular complexity index is 461. The fourth-order valence-corrected chi connectivity index (χ4v) is 2.57. The highest BCUT2D eigenvalue weighted by Crippen LogP contribution is 2.31. The first-order chi connectivity index (χ1) is 9.40. The first-order valence-corrected chi connectivity index (χ1v) is 6.73. The number of nitrogens with two attached hydrogens (primary N) is 1. The molecule has 1 aliphatic heterocycles. The van der Waals surface area contributed by atoms with Gasteiger partial charge in [0.05, 0.1) is 5.56 Å². The van der Waals surface area contributed by atoms with Crippen LogP contribution >= 0.6 is 0 Å². The number of hydrogen-bond donors (Lipinski definition) is 2. The van der Waals surface area contributed by atoms with Gasteiger partial charge in [-0.3, -0.25) is 4.90 Å². The number of halogens is 3. The van der Waals surface area contributed by atoms with Crippen LogP contribution in [0.15, 0.2) is 12.1 Å². The molecule has 1 saturated heterocycles. The van der Waals surface area contributed by atoms with Gasteiger partial charge in [0.25, 0.3) is 0 Å². The smallest absolute Gasteiger partial charge is 0.384 e. The van der Waals surface area contributed by atoms with Crippen LogP contribution in [0.4, 0.5) is 24.8 Å². The van der Waals surface area contributed by atoms with Crippen LogP contribution < -0.4 is 11.1 Å². The van der Waals surface area contributed by atoms with Gasteiger partial charge in [-0.05, 0) is 38.1 Å². The normalized spacial score (nSPS) is 20.3. The van der Waals surface area contributed by atoms with E-state index in [9.17, 15) is 13.2 Å². The molecule has 0 amide bonds. The Kier molecular flexibility index (Phi) is 4.37. The second-order valence-electron chi connectivity index (χ2n) is 4.97. The van der Waals surface area contributed by atoms with Gasteiger partial charge in [-0.25, -0.2) is 4.98 Å². The molecule has 112 valence electrons. The standard InChI is InChI=1S/C13H19F3N4/c1-2-20-5-3-4-10(20)8-18-12-7-9(13(14,15)16)6-11(17)19-12/h6-7,10H,2-5,8H2,1H3,(H3,17,18,19). The summed E-state index contributed by atoms with van der Waals surface area (Å²) < 4.78 is 38.1. The number of nitrogen functional groups attached to an aromatic ring is 1. The molecule has 20 heavy (non-hydrogen) atoms. The van der Waals surface area contributed by atoms with Crippen LogP contribution in [-0.2, 0) is 6.18 Å². The molecule has 0 saturated carbocycles. The fraction of sp³-hybridized carbons (Fsp3) is 0.615. The summed E-state index contributed by atoms with van der Waals surface area (Å²) in [5, 5.41) is 2.97. The van der Waals surface area contributed by atoms with Gasteiger partial charge in [0.2, 0.25) is 0 Å². The molecular weight excluding hydrogens is 269 g/mol. The zero-order valence-electron chi connectivity index (χ0n) is 11.4. The average Bonchev–Trinajstić information content (AvgIpc) is 2.82. The molecule has 2 heterocycles. The van der Waals surface area contributed by atoms with Gasteiger partial charge >= 0.3 is 6.18 Å². The van der Waals surface area contributed by atoms with Crippen molar-refractivity contribution in [1.82, 2.24) is 9.88 Å². The van der Waals surface area contributed by atoms with Crippen molar-refractivity contribution < 1.29 is 13.2 Å². The number of nitrogens with one attached hydrogen (secondary N) is 1. The number of alkyl halides is 3. The number of likely N-dealkylation sites (tertiary alicyclic amines) is 1. The van der Waals surface area contributed by atoms with Gasteiger partial charge in [-0.2, -0.15) is 13.2 Å². The van der Waals surface area contributed by atoms with Gasteiger partial charge in [-0.15, -0.1) is 0 Å². The van der Waals surface area contributed by atoms with Gasteiger partial charge in [0.15, 0.2) is 0 Å². The van der Waals surface area contributed by atoms with E-state index in [1.807, 2.05) is 0 Å². The summed E-state index contributed by atoms with van der Waals surface area (Å²) >= 11 is 0. The van der Waals surface area contributed by atoms with E-state index in [0.717, 1.165) is 38.1 Å². The van der Waals surface area contributed by atoms with Crippen LogP contribution in [0.25, 0.3) is 0 Å². The van der Waals surface area contributed by atoms with Gasteiger partial charge in [-0.1, -0.05) is 6.92 Å². The summed E-state index contributed by atoms with van der Waals surface area (Å²) in [5.41, 5.74) is 4.66. The molecule has 1 unspecified atom stereocenters. The lowest BCUT2D eigenvalue weighted by Crippen LogP contribution is -2.34. The topological polar surface area (TPSA) is 54.2 Å². The quantitative estimate of drug-likeness (QED) is 0.894. The summed E-state index contributed by atoms with van der Waals surface area (Å²) in [6, 6.07) is 2.19. The number of nitrogens with zero attached hydrogens (tertiary/aromatic N) is 2. The highest BCUT2D eigenvalue weighted by molar-refractivity contribution is 5.47. The van der Waals surface area contributed by atoms with Crippen LogP contribution in [0.5, 0.6) is 0 Å². The predicted molar refractivity (Wildman–Crippen MR) is 72.4 cm³/mol. The third-order valence-electron chi connectivity index (χ3n) is 3.60. The fourth-order valence-electron chi connectivity index (χ4n) is 2.57. The lowest BCUT2D eigenvalue weighted by Gasteiger charge is -2.23. The SMILES string of the molecule is CCN1CCCC1CNc1cc(C(F)(F)F)cc(N)n1. The first-order valence-electron chi connectivity index (χ1n) is 6.73. The molecule has 7 heteroatoms.